The number of rotatable bonds is 4. The highest BCUT2D eigenvalue weighted by Gasteiger charge is 2.24. The van der Waals surface area contributed by atoms with E-state index in [9.17, 15) is 13.2 Å². The van der Waals surface area contributed by atoms with Gasteiger partial charge in [0.15, 0.2) is 0 Å². The first-order valence-electron chi connectivity index (χ1n) is 4.20. The fourth-order valence-electron chi connectivity index (χ4n) is 1.19. The highest BCUT2D eigenvalue weighted by molar-refractivity contribution is 7.90. The van der Waals surface area contributed by atoms with Crippen molar-refractivity contribution in [1.82, 2.24) is 4.98 Å². The summed E-state index contributed by atoms with van der Waals surface area (Å²) in [5, 5.41) is 8.90. The first-order chi connectivity index (χ1) is 6.90. The van der Waals surface area contributed by atoms with Crippen molar-refractivity contribution in [2.75, 3.05) is 12.0 Å². The first-order valence-corrected chi connectivity index (χ1v) is 6.26. The van der Waals surface area contributed by atoms with Gasteiger partial charge in [-0.25, -0.2) is 8.42 Å². The Morgan fingerprint density at radius 3 is 2.67 bits per heavy atom. The summed E-state index contributed by atoms with van der Waals surface area (Å²) in [6.07, 6.45) is 3.88. The molecule has 0 aliphatic carbocycles. The molecule has 0 fully saturated rings. The number of pyridine rings is 1. The minimum absolute atomic E-state index is 0.399. The maximum atomic E-state index is 11.0. The number of sulfone groups is 1. The van der Waals surface area contributed by atoms with Gasteiger partial charge in [-0.2, -0.15) is 0 Å². The number of aliphatic carboxylic acids is 1. The first kappa shape index (κ1) is 11.6. The van der Waals surface area contributed by atoms with Gasteiger partial charge in [0.05, 0.1) is 11.7 Å². The minimum atomic E-state index is -3.33. The minimum Gasteiger partial charge on any atom is -0.481 e. The van der Waals surface area contributed by atoms with Crippen LogP contribution in [0, 0.1) is 0 Å². The van der Waals surface area contributed by atoms with E-state index in [0.29, 0.717) is 5.56 Å². The van der Waals surface area contributed by atoms with Crippen molar-refractivity contribution < 1.29 is 18.3 Å². The topological polar surface area (TPSA) is 84.3 Å². The maximum absolute atomic E-state index is 11.0. The van der Waals surface area contributed by atoms with Crippen LogP contribution in [0.3, 0.4) is 0 Å². The van der Waals surface area contributed by atoms with Crippen LogP contribution in [0.4, 0.5) is 0 Å². The van der Waals surface area contributed by atoms with E-state index in [1.54, 1.807) is 12.1 Å². The average molecular weight is 229 g/mol. The zero-order valence-corrected chi connectivity index (χ0v) is 8.94. The molecular weight excluding hydrogens is 218 g/mol. The highest BCUT2D eigenvalue weighted by atomic mass is 32.2. The standard InChI is InChI=1S/C9H11NO4S/c1-15(13,14)6-8(9(11)12)7-3-2-4-10-5-7/h2-5,8H,6H2,1H3,(H,11,12). The van der Waals surface area contributed by atoms with Gasteiger partial charge in [0.1, 0.15) is 9.84 Å². The van der Waals surface area contributed by atoms with Crippen molar-refractivity contribution in [3.63, 3.8) is 0 Å². The molecule has 1 N–H and O–H groups in total. The molecule has 1 unspecified atom stereocenters. The number of hydrogen-bond acceptors (Lipinski definition) is 4. The lowest BCUT2D eigenvalue weighted by atomic mass is 10.0. The van der Waals surface area contributed by atoms with Crippen molar-refractivity contribution >= 4 is 15.8 Å². The Bertz CT molecular complexity index is 440. The Balaban J connectivity index is 3.00. The molecule has 5 nitrogen and oxygen atoms in total. The van der Waals surface area contributed by atoms with Crippen LogP contribution in [0.5, 0.6) is 0 Å². The molecule has 0 saturated heterocycles. The van der Waals surface area contributed by atoms with Crippen LogP contribution in [0.2, 0.25) is 0 Å². The lowest BCUT2D eigenvalue weighted by Gasteiger charge is -2.10. The molecule has 0 saturated carbocycles. The van der Waals surface area contributed by atoms with Crippen LogP contribution in [-0.2, 0) is 14.6 Å². The smallest absolute Gasteiger partial charge is 0.312 e. The van der Waals surface area contributed by atoms with Gasteiger partial charge in [0, 0.05) is 18.6 Å². The predicted octanol–water partition coefficient (Wildman–Crippen LogP) is 0.294. The van der Waals surface area contributed by atoms with Gasteiger partial charge in [-0.15, -0.1) is 0 Å². The molecule has 1 aromatic heterocycles. The van der Waals surface area contributed by atoms with E-state index in [-0.39, 0.29) is 0 Å². The third-order valence-corrected chi connectivity index (χ3v) is 2.79. The fraction of sp³-hybridized carbons (Fsp3) is 0.333. The third kappa shape index (κ3) is 3.67. The summed E-state index contributed by atoms with van der Waals surface area (Å²) in [4.78, 5) is 14.6. The number of nitrogens with zero attached hydrogens (tertiary/aromatic N) is 1. The molecule has 0 aromatic carbocycles. The molecule has 0 spiro atoms. The normalized spacial score (nSPS) is 13.4. The molecule has 0 amide bonds. The Labute approximate surface area is 87.7 Å². The van der Waals surface area contributed by atoms with Crippen molar-refractivity contribution in [3.8, 4) is 0 Å². The molecule has 0 radical (unpaired) electrons. The van der Waals surface area contributed by atoms with Crippen LogP contribution < -0.4 is 0 Å². The Kier molecular flexibility index (Phi) is 3.41. The number of carboxylic acids is 1. The van der Waals surface area contributed by atoms with Gasteiger partial charge < -0.3 is 5.11 Å². The van der Waals surface area contributed by atoms with Crippen molar-refractivity contribution in [3.05, 3.63) is 30.1 Å². The third-order valence-electron chi connectivity index (χ3n) is 1.85. The zero-order valence-electron chi connectivity index (χ0n) is 8.12. The van der Waals surface area contributed by atoms with Crippen molar-refractivity contribution in [1.29, 1.82) is 0 Å². The van der Waals surface area contributed by atoms with E-state index < -0.39 is 27.5 Å². The molecule has 82 valence electrons. The summed E-state index contributed by atoms with van der Waals surface area (Å²) in [5.41, 5.74) is 0.399. The Morgan fingerprint density at radius 2 is 2.27 bits per heavy atom. The van der Waals surface area contributed by atoms with E-state index in [4.69, 9.17) is 5.11 Å². The fourth-order valence-corrected chi connectivity index (χ4v) is 2.14. The van der Waals surface area contributed by atoms with Gasteiger partial charge in [-0.1, -0.05) is 6.07 Å². The molecule has 0 bridgehead atoms. The lowest BCUT2D eigenvalue weighted by molar-refractivity contribution is -0.138. The monoisotopic (exact) mass is 229 g/mol. The number of hydrogen-bond donors (Lipinski definition) is 1. The van der Waals surface area contributed by atoms with E-state index in [1.807, 2.05) is 0 Å². The van der Waals surface area contributed by atoms with Gasteiger partial charge in [0.2, 0.25) is 0 Å². The second kappa shape index (κ2) is 4.39. The van der Waals surface area contributed by atoms with Crippen LogP contribution in [0.25, 0.3) is 0 Å². The summed E-state index contributed by atoms with van der Waals surface area (Å²) in [7, 11) is -3.33. The lowest BCUT2D eigenvalue weighted by Crippen LogP contribution is -2.21. The summed E-state index contributed by atoms with van der Waals surface area (Å²) in [6.45, 7) is 0. The Hall–Kier alpha value is -1.43. The summed E-state index contributed by atoms with van der Waals surface area (Å²) < 4.78 is 22.1. The Morgan fingerprint density at radius 1 is 1.60 bits per heavy atom. The highest BCUT2D eigenvalue weighted by Crippen LogP contribution is 2.16. The summed E-state index contributed by atoms with van der Waals surface area (Å²) in [5.74, 6) is -2.62. The molecule has 0 aliphatic rings. The average Bonchev–Trinajstić information content (AvgIpc) is 2.14. The van der Waals surface area contributed by atoms with Crippen LogP contribution >= 0.6 is 0 Å². The van der Waals surface area contributed by atoms with Crippen LogP contribution in [-0.4, -0.2) is 36.5 Å². The van der Waals surface area contributed by atoms with Crippen LogP contribution in [0.1, 0.15) is 11.5 Å². The number of carboxylic acid groups (broad SMARTS) is 1. The van der Waals surface area contributed by atoms with Gasteiger partial charge in [0.25, 0.3) is 0 Å². The largest absolute Gasteiger partial charge is 0.481 e. The SMILES string of the molecule is CS(=O)(=O)CC(C(=O)O)c1cccnc1. The number of carbonyl (C=O) groups is 1. The van der Waals surface area contributed by atoms with Crippen molar-refractivity contribution in [2.24, 2.45) is 0 Å². The van der Waals surface area contributed by atoms with E-state index in [1.165, 1.54) is 12.4 Å². The zero-order chi connectivity index (χ0) is 11.5. The van der Waals surface area contributed by atoms with Gasteiger partial charge >= 0.3 is 5.97 Å². The summed E-state index contributed by atoms with van der Waals surface area (Å²) in [6, 6.07) is 3.13. The molecule has 6 heteroatoms. The predicted molar refractivity (Wildman–Crippen MR) is 54.3 cm³/mol. The van der Waals surface area contributed by atoms with E-state index >= 15 is 0 Å². The van der Waals surface area contributed by atoms with Gasteiger partial charge in [-0.05, 0) is 11.6 Å². The number of aromatic nitrogens is 1. The molecule has 0 aliphatic heterocycles. The molecule has 15 heavy (non-hydrogen) atoms. The second-order valence-electron chi connectivity index (χ2n) is 3.27. The van der Waals surface area contributed by atoms with E-state index in [2.05, 4.69) is 4.98 Å². The summed E-state index contributed by atoms with van der Waals surface area (Å²) >= 11 is 0. The molecule has 1 heterocycles. The molecule has 1 atom stereocenters. The second-order valence-corrected chi connectivity index (χ2v) is 5.45. The maximum Gasteiger partial charge on any atom is 0.312 e. The molecule has 1 aromatic rings. The van der Waals surface area contributed by atoms with Gasteiger partial charge in [-0.3, -0.25) is 9.78 Å². The van der Waals surface area contributed by atoms with E-state index in [0.717, 1.165) is 6.26 Å². The van der Waals surface area contributed by atoms with Crippen LogP contribution in [0.15, 0.2) is 24.5 Å². The molecular formula is C9H11NO4S. The quantitative estimate of drug-likeness (QED) is 0.802. The van der Waals surface area contributed by atoms with Crippen molar-refractivity contribution in [2.45, 2.75) is 5.92 Å². The molecule has 1 rings (SSSR count).